The smallest absolute Gasteiger partial charge is 0.462 e. The molecule has 0 aliphatic carbocycles. The van der Waals surface area contributed by atoms with Gasteiger partial charge in [0.05, 0.1) is 26.4 Å². The van der Waals surface area contributed by atoms with Crippen LogP contribution in [-0.2, 0) is 65.4 Å². The molecule has 5 atom stereocenters. The molecular formula is C79H138O17P2. The molecule has 3 N–H and O–H groups in total. The highest BCUT2D eigenvalue weighted by molar-refractivity contribution is 7.47. The molecule has 0 bridgehead atoms. The molecular weight excluding hydrogens is 1280 g/mol. The van der Waals surface area contributed by atoms with Gasteiger partial charge >= 0.3 is 39.5 Å². The van der Waals surface area contributed by atoms with Crippen molar-refractivity contribution in [2.45, 2.75) is 341 Å². The van der Waals surface area contributed by atoms with Crippen LogP contribution >= 0.6 is 15.6 Å². The summed E-state index contributed by atoms with van der Waals surface area (Å²) in [7, 11) is -9.95. The van der Waals surface area contributed by atoms with Gasteiger partial charge in [-0.25, -0.2) is 9.13 Å². The van der Waals surface area contributed by atoms with Gasteiger partial charge in [-0.2, -0.15) is 0 Å². The molecule has 0 spiro atoms. The topological polar surface area (TPSA) is 237 Å². The Morgan fingerprint density at radius 2 is 0.541 bits per heavy atom. The third-order valence-corrected chi connectivity index (χ3v) is 17.9. The maximum Gasteiger partial charge on any atom is 0.472 e. The summed E-state index contributed by atoms with van der Waals surface area (Å²) in [6.07, 6.45) is 74.0. The van der Waals surface area contributed by atoms with Gasteiger partial charge in [-0.3, -0.25) is 37.3 Å². The number of phosphoric ester groups is 2. The molecule has 98 heavy (non-hydrogen) atoms. The molecule has 0 aromatic carbocycles. The number of rotatable bonds is 72. The van der Waals surface area contributed by atoms with Crippen LogP contribution < -0.4 is 0 Å². The van der Waals surface area contributed by atoms with Crippen LogP contribution in [0.1, 0.15) is 323 Å². The van der Waals surface area contributed by atoms with Gasteiger partial charge in [-0.15, -0.1) is 0 Å². The first-order valence-corrected chi connectivity index (χ1v) is 41.5. The Kier molecular flexibility index (Phi) is 68.4. The fourth-order valence-electron chi connectivity index (χ4n) is 10.2. The summed E-state index contributed by atoms with van der Waals surface area (Å²) in [4.78, 5) is 72.8. The van der Waals surface area contributed by atoms with Crippen LogP contribution in [0.5, 0.6) is 0 Å². The van der Waals surface area contributed by atoms with Crippen molar-refractivity contribution in [3.8, 4) is 0 Å². The Hall–Kier alpha value is -4.02. The van der Waals surface area contributed by atoms with Crippen molar-refractivity contribution >= 4 is 39.5 Å². The van der Waals surface area contributed by atoms with Crippen molar-refractivity contribution in [3.63, 3.8) is 0 Å². The monoisotopic (exact) mass is 1420 g/mol. The zero-order chi connectivity index (χ0) is 71.8. The second-order valence-electron chi connectivity index (χ2n) is 25.5. The number of hydrogen-bond acceptors (Lipinski definition) is 15. The first-order valence-electron chi connectivity index (χ1n) is 38.5. The van der Waals surface area contributed by atoms with Crippen LogP contribution in [0.2, 0.25) is 0 Å². The average Bonchev–Trinajstić information content (AvgIpc) is 0.985. The Bertz CT molecular complexity index is 2240. The van der Waals surface area contributed by atoms with Crippen LogP contribution in [0, 0.1) is 0 Å². The van der Waals surface area contributed by atoms with Gasteiger partial charge in [0.2, 0.25) is 0 Å². The van der Waals surface area contributed by atoms with Crippen LogP contribution in [0.15, 0.2) is 97.2 Å². The number of hydrogen-bond donors (Lipinski definition) is 3. The second kappa shape index (κ2) is 71.4. The summed E-state index contributed by atoms with van der Waals surface area (Å²) < 4.78 is 68.4. The Labute approximate surface area is 595 Å². The minimum Gasteiger partial charge on any atom is -0.462 e. The summed E-state index contributed by atoms with van der Waals surface area (Å²) in [5, 5.41) is 10.6. The second-order valence-corrected chi connectivity index (χ2v) is 28.4. The summed E-state index contributed by atoms with van der Waals surface area (Å²) in [6.45, 7) is 4.59. The summed E-state index contributed by atoms with van der Waals surface area (Å²) in [5.41, 5.74) is 0. The van der Waals surface area contributed by atoms with E-state index in [4.69, 9.17) is 37.0 Å². The van der Waals surface area contributed by atoms with E-state index in [1.54, 1.807) is 0 Å². The van der Waals surface area contributed by atoms with Crippen molar-refractivity contribution in [3.05, 3.63) is 97.2 Å². The molecule has 0 aliphatic heterocycles. The van der Waals surface area contributed by atoms with Crippen LogP contribution in [-0.4, -0.2) is 96.7 Å². The summed E-state index contributed by atoms with van der Waals surface area (Å²) in [6, 6.07) is 0. The number of aliphatic hydroxyl groups is 1. The fourth-order valence-corrected chi connectivity index (χ4v) is 11.8. The molecule has 566 valence electrons. The molecule has 0 aromatic heterocycles. The summed E-state index contributed by atoms with van der Waals surface area (Å²) in [5.74, 6) is -2.21. The zero-order valence-corrected chi connectivity index (χ0v) is 63.5. The number of carbonyl (C=O) groups is 4. The van der Waals surface area contributed by atoms with Crippen molar-refractivity contribution in [1.82, 2.24) is 0 Å². The van der Waals surface area contributed by atoms with E-state index in [0.717, 1.165) is 180 Å². The Balaban J connectivity index is 5.32. The lowest BCUT2D eigenvalue weighted by Crippen LogP contribution is -2.30. The van der Waals surface area contributed by atoms with E-state index in [1.165, 1.54) is 64.2 Å². The molecule has 0 amide bonds. The molecule has 0 radical (unpaired) electrons. The van der Waals surface area contributed by atoms with Crippen LogP contribution in [0.25, 0.3) is 0 Å². The normalized spacial score (nSPS) is 14.5. The summed E-state index contributed by atoms with van der Waals surface area (Å²) >= 11 is 0. The number of esters is 4. The van der Waals surface area contributed by atoms with E-state index in [-0.39, 0.29) is 25.7 Å². The highest BCUT2D eigenvalue weighted by Crippen LogP contribution is 2.45. The van der Waals surface area contributed by atoms with Crippen LogP contribution in [0.3, 0.4) is 0 Å². The third kappa shape index (κ3) is 70.4. The molecule has 0 saturated carbocycles. The van der Waals surface area contributed by atoms with E-state index < -0.39 is 97.5 Å². The molecule has 0 aromatic rings. The standard InChI is InChI=1S/C79H138O17P2/c1-5-9-13-17-21-25-29-32-34-36-38-41-44-47-51-55-59-63-76(81)89-69-74(95-78(83)65-61-57-53-49-43-28-24-20-16-12-8-4)71-93-97(85,86)91-67-73(80)68-92-98(87,88)94-72-75(96-79(84)66-62-58-54-50-46-40-31-27-23-19-15-11-7-3)70-90-77(82)64-60-56-52-48-45-42-39-37-35-33-30-26-22-18-14-10-6-2/h9-10,13-14,20-22,24-26,32-35,38,41,73-75,80H,5-8,11-12,15-19,23,27-31,36-37,39-40,42-72H2,1-4H3,(H,85,86)(H,87,88)/b13-9-,14-10-,24-20-,25-21-,26-22-,34-32-,35-33-,41-38-. The van der Waals surface area contributed by atoms with Gasteiger partial charge in [0.15, 0.2) is 12.2 Å². The predicted octanol–water partition coefficient (Wildman–Crippen LogP) is 22.0. The SMILES string of the molecule is CC/C=C\C/C=C\C/C=C\C/C=C\CCCCCCC(=O)OCC(COP(=O)(O)OCC(O)COP(=O)(O)OCC(COC(=O)CCCCCCCCC/C=C\C/C=C\C/C=C\CC)OC(=O)CCCCCCCCCCCCCCC)OC(=O)CCCCCCC/C=C\CCCC. The minimum atomic E-state index is -4.98. The van der Waals surface area contributed by atoms with Gasteiger partial charge < -0.3 is 33.8 Å². The minimum absolute atomic E-state index is 0.0791. The number of unbranched alkanes of at least 4 members (excludes halogenated alkanes) is 30. The van der Waals surface area contributed by atoms with Gasteiger partial charge in [0.1, 0.15) is 19.3 Å². The first kappa shape index (κ1) is 94.0. The van der Waals surface area contributed by atoms with Crippen molar-refractivity contribution in [2.24, 2.45) is 0 Å². The molecule has 0 heterocycles. The Morgan fingerprint density at radius 1 is 0.296 bits per heavy atom. The van der Waals surface area contributed by atoms with E-state index in [0.29, 0.717) is 25.7 Å². The number of aliphatic hydroxyl groups excluding tert-OH is 1. The maximum absolute atomic E-state index is 13.1. The molecule has 0 fully saturated rings. The van der Waals surface area contributed by atoms with Crippen LogP contribution in [0.4, 0.5) is 0 Å². The Morgan fingerprint density at radius 3 is 0.857 bits per heavy atom. The lowest BCUT2D eigenvalue weighted by Gasteiger charge is -2.21. The maximum atomic E-state index is 13.1. The molecule has 0 aliphatic rings. The van der Waals surface area contributed by atoms with Gasteiger partial charge in [-0.1, -0.05) is 279 Å². The first-order chi connectivity index (χ1) is 47.7. The van der Waals surface area contributed by atoms with Gasteiger partial charge in [0.25, 0.3) is 0 Å². The van der Waals surface area contributed by atoms with Gasteiger partial charge in [0, 0.05) is 25.7 Å². The molecule has 0 saturated heterocycles. The molecule has 5 unspecified atom stereocenters. The van der Waals surface area contributed by atoms with Crippen molar-refractivity contribution in [2.75, 3.05) is 39.6 Å². The van der Waals surface area contributed by atoms with Crippen molar-refractivity contribution < 1.29 is 80.2 Å². The fraction of sp³-hybridized carbons (Fsp3) is 0.747. The van der Waals surface area contributed by atoms with E-state index in [9.17, 15) is 43.2 Å². The zero-order valence-electron chi connectivity index (χ0n) is 61.7. The highest BCUT2D eigenvalue weighted by Gasteiger charge is 2.30. The number of allylic oxidation sites excluding steroid dienone is 16. The molecule has 19 heteroatoms. The lowest BCUT2D eigenvalue weighted by molar-refractivity contribution is -0.161. The molecule has 0 rings (SSSR count). The quantitative estimate of drug-likeness (QED) is 0.0169. The van der Waals surface area contributed by atoms with Crippen molar-refractivity contribution in [1.29, 1.82) is 0 Å². The predicted molar refractivity (Wildman–Crippen MR) is 399 cm³/mol. The lowest BCUT2D eigenvalue weighted by atomic mass is 10.0. The number of ether oxygens (including phenoxy) is 4. The number of carbonyl (C=O) groups excluding carboxylic acids is 4. The van der Waals surface area contributed by atoms with Gasteiger partial charge in [-0.05, 0) is 116 Å². The van der Waals surface area contributed by atoms with E-state index >= 15 is 0 Å². The van der Waals surface area contributed by atoms with E-state index in [2.05, 4.69) is 125 Å². The highest BCUT2D eigenvalue weighted by atomic mass is 31.2. The number of phosphoric acid groups is 2. The average molecular weight is 1420 g/mol. The largest absolute Gasteiger partial charge is 0.472 e. The third-order valence-electron chi connectivity index (χ3n) is 16.0. The molecule has 17 nitrogen and oxygen atoms in total. The van der Waals surface area contributed by atoms with E-state index in [1.807, 2.05) is 0 Å².